The third-order valence-electron chi connectivity index (χ3n) is 1.99. The summed E-state index contributed by atoms with van der Waals surface area (Å²) in [6.45, 7) is 4.08. The van der Waals surface area contributed by atoms with E-state index in [2.05, 4.69) is 17.1 Å². The molecule has 0 saturated carbocycles. The first-order chi connectivity index (χ1) is 7.13. The molecule has 0 aliphatic carbocycles. The monoisotopic (exact) mass is 230 g/mol. The lowest BCUT2D eigenvalue weighted by molar-refractivity contribution is -0.133. The number of hydrogen-bond donors (Lipinski definition) is 1. The van der Waals surface area contributed by atoms with Gasteiger partial charge in [-0.25, -0.2) is 0 Å². The molecule has 0 saturated heterocycles. The molecular weight excluding hydrogens is 216 g/mol. The number of aromatic nitrogens is 2. The van der Waals surface area contributed by atoms with Gasteiger partial charge in [-0.2, -0.15) is 4.98 Å². The zero-order valence-corrected chi connectivity index (χ0v) is 9.58. The Kier molecular flexibility index (Phi) is 4.61. The highest BCUT2D eigenvalue weighted by Gasteiger charge is 2.12. The van der Waals surface area contributed by atoms with Crippen LogP contribution in [0.5, 0.6) is 0 Å². The standard InChI is InChI=1S/C9H14N2O3S/c1-3-6(2)9-10-7(14-11-9)4-15-5-8(12)13/h6H,3-5H2,1-2H3,(H,12,13). The van der Waals surface area contributed by atoms with Crippen LogP contribution in [0.25, 0.3) is 0 Å². The second-order valence-corrected chi connectivity index (χ2v) is 4.23. The second kappa shape index (κ2) is 5.75. The largest absolute Gasteiger partial charge is 0.481 e. The molecule has 84 valence electrons. The Bertz CT molecular complexity index is 327. The normalized spacial score (nSPS) is 12.7. The van der Waals surface area contributed by atoms with Gasteiger partial charge < -0.3 is 9.63 Å². The number of carboxylic acid groups (broad SMARTS) is 1. The van der Waals surface area contributed by atoms with Crippen molar-refractivity contribution in [2.45, 2.75) is 31.9 Å². The molecule has 1 heterocycles. The van der Waals surface area contributed by atoms with E-state index in [1.54, 1.807) is 0 Å². The van der Waals surface area contributed by atoms with Crippen molar-refractivity contribution in [2.75, 3.05) is 5.75 Å². The van der Waals surface area contributed by atoms with E-state index in [0.717, 1.165) is 6.42 Å². The highest BCUT2D eigenvalue weighted by molar-refractivity contribution is 7.99. The summed E-state index contributed by atoms with van der Waals surface area (Å²) in [6.07, 6.45) is 0.960. The molecule has 5 nitrogen and oxygen atoms in total. The molecule has 1 atom stereocenters. The Labute approximate surface area is 92.2 Å². The van der Waals surface area contributed by atoms with Gasteiger partial charge in [-0.05, 0) is 6.42 Å². The van der Waals surface area contributed by atoms with Crippen LogP contribution in [-0.4, -0.2) is 27.0 Å². The zero-order chi connectivity index (χ0) is 11.3. The van der Waals surface area contributed by atoms with Crippen LogP contribution in [0.15, 0.2) is 4.52 Å². The van der Waals surface area contributed by atoms with Crippen LogP contribution in [-0.2, 0) is 10.5 Å². The molecule has 1 N–H and O–H groups in total. The van der Waals surface area contributed by atoms with Gasteiger partial charge in [0.05, 0.1) is 11.5 Å². The Morgan fingerprint density at radius 3 is 3.00 bits per heavy atom. The van der Waals surface area contributed by atoms with Gasteiger partial charge in [0.2, 0.25) is 5.89 Å². The molecule has 0 aliphatic heterocycles. The average Bonchev–Trinajstić information content (AvgIpc) is 2.65. The van der Waals surface area contributed by atoms with Gasteiger partial charge in [0.25, 0.3) is 0 Å². The van der Waals surface area contributed by atoms with Crippen molar-refractivity contribution >= 4 is 17.7 Å². The van der Waals surface area contributed by atoms with E-state index in [9.17, 15) is 4.79 Å². The number of thioether (sulfide) groups is 1. The predicted octanol–water partition coefficient (Wildman–Crippen LogP) is 1.90. The Morgan fingerprint density at radius 1 is 1.67 bits per heavy atom. The highest BCUT2D eigenvalue weighted by atomic mass is 32.2. The van der Waals surface area contributed by atoms with E-state index < -0.39 is 5.97 Å². The molecule has 1 aromatic heterocycles. The number of carboxylic acids is 1. The van der Waals surface area contributed by atoms with E-state index in [4.69, 9.17) is 9.63 Å². The molecule has 0 radical (unpaired) electrons. The smallest absolute Gasteiger partial charge is 0.313 e. The first-order valence-corrected chi connectivity index (χ1v) is 5.91. The van der Waals surface area contributed by atoms with Crippen molar-refractivity contribution in [1.29, 1.82) is 0 Å². The van der Waals surface area contributed by atoms with Crippen LogP contribution < -0.4 is 0 Å². The van der Waals surface area contributed by atoms with Crippen LogP contribution in [0.3, 0.4) is 0 Å². The molecule has 0 aromatic carbocycles. The summed E-state index contributed by atoms with van der Waals surface area (Å²) in [7, 11) is 0. The SMILES string of the molecule is CCC(C)c1noc(CSCC(=O)O)n1. The van der Waals surface area contributed by atoms with Gasteiger partial charge in [0.1, 0.15) is 0 Å². The van der Waals surface area contributed by atoms with Crippen LogP contribution in [0.4, 0.5) is 0 Å². The molecule has 1 unspecified atom stereocenters. The maximum absolute atomic E-state index is 10.3. The highest BCUT2D eigenvalue weighted by Crippen LogP contribution is 2.17. The van der Waals surface area contributed by atoms with Gasteiger partial charge in [0.15, 0.2) is 5.82 Å². The van der Waals surface area contributed by atoms with Gasteiger partial charge >= 0.3 is 5.97 Å². The van der Waals surface area contributed by atoms with Gasteiger partial charge in [-0.15, -0.1) is 11.8 Å². The Hall–Kier alpha value is -1.04. The van der Waals surface area contributed by atoms with Crippen molar-refractivity contribution < 1.29 is 14.4 Å². The topological polar surface area (TPSA) is 76.2 Å². The molecule has 0 bridgehead atoms. The number of hydrogen-bond acceptors (Lipinski definition) is 5. The summed E-state index contributed by atoms with van der Waals surface area (Å²) in [5, 5.41) is 12.3. The van der Waals surface area contributed by atoms with Gasteiger partial charge in [0, 0.05) is 5.92 Å². The summed E-state index contributed by atoms with van der Waals surface area (Å²) in [6, 6.07) is 0. The van der Waals surface area contributed by atoms with Crippen LogP contribution >= 0.6 is 11.8 Å². The van der Waals surface area contributed by atoms with Gasteiger partial charge in [-0.1, -0.05) is 19.0 Å². The number of carbonyl (C=O) groups is 1. The predicted molar refractivity (Wildman–Crippen MR) is 56.8 cm³/mol. The molecular formula is C9H14N2O3S. The van der Waals surface area contributed by atoms with Crippen molar-refractivity contribution in [3.63, 3.8) is 0 Å². The van der Waals surface area contributed by atoms with Crippen LogP contribution in [0.1, 0.15) is 37.9 Å². The minimum atomic E-state index is -0.832. The third kappa shape index (κ3) is 3.91. The fourth-order valence-electron chi connectivity index (χ4n) is 0.935. The molecule has 0 spiro atoms. The third-order valence-corrected chi connectivity index (χ3v) is 2.89. The second-order valence-electron chi connectivity index (χ2n) is 3.24. The van der Waals surface area contributed by atoms with E-state index >= 15 is 0 Å². The molecule has 1 aromatic rings. The van der Waals surface area contributed by atoms with Crippen molar-refractivity contribution in [3.05, 3.63) is 11.7 Å². The summed E-state index contributed by atoms with van der Waals surface area (Å²) < 4.78 is 4.99. The summed E-state index contributed by atoms with van der Waals surface area (Å²) in [5.41, 5.74) is 0. The quantitative estimate of drug-likeness (QED) is 0.804. The van der Waals surface area contributed by atoms with Crippen LogP contribution in [0, 0.1) is 0 Å². The average molecular weight is 230 g/mol. The first kappa shape index (κ1) is 12.0. The zero-order valence-electron chi connectivity index (χ0n) is 8.77. The van der Waals surface area contributed by atoms with Crippen molar-refractivity contribution in [1.82, 2.24) is 10.1 Å². The number of aliphatic carboxylic acids is 1. The minimum absolute atomic E-state index is 0.0566. The molecule has 15 heavy (non-hydrogen) atoms. The fourth-order valence-corrected chi connectivity index (χ4v) is 1.50. The molecule has 0 amide bonds. The Morgan fingerprint density at radius 2 is 2.40 bits per heavy atom. The maximum Gasteiger partial charge on any atom is 0.313 e. The summed E-state index contributed by atoms with van der Waals surface area (Å²) in [5.74, 6) is 1.16. The summed E-state index contributed by atoms with van der Waals surface area (Å²) in [4.78, 5) is 14.4. The minimum Gasteiger partial charge on any atom is -0.481 e. The number of nitrogens with zero attached hydrogens (tertiary/aromatic N) is 2. The van der Waals surface area contributed by atoms with Gasteiger partial charge in [-0.3, -0.25) is 4.79 Å². The van der Waals surface area contributed by atoms with E-state index in [1.807, 2.05) is 6.92 Å². The number of rotatable bonds is 6. The lowest BCUT2D eigenvalue weighted by Crippen LogP contribution is -1.98. The maximum atomic E-state index is 10.3. The lowest BCUT2D eigenvalue weighted by Gasteiger charge is -1.98. The molecule has 0 aliphatic rings. The molecule has 1 rings (SSSR count). The van der Waals surface area contributed by atoms with E-state index in [1.165, 1.54) is 11.8 Å². The Balaban J connectivity index is 2.42. The molecule has 6 heteroatoms. The van der Waals surface area contributed by atoms with Crippen molar-refractivity contribution in [2.24, 2.45) is 0 Å². The lowest BCUT2D eigenvalue weighted by atomic mass is 10.1. The first-order valence-electron chi connectivity index (χ1n) is 4.75. The summed E-state index contributed by atoms with van der Waals surface area (Å²) >= 11 is 1.25. The van der Waals surface area contributed by atoms with E-state index in [-0.39, 0.29) is 11.7 Å². The van der Waals surface area contributed by atoms with Crippen molar-refractivity contribution in [3.8, 4) is 0 Å². The van der Waals surface area contributed by atoms with E-state index in [0.29, 0.717) is 17.5 Å². The van der Waals surface area contributed by atoms with Crippen LogP contribution in [0.2, 0.25) is 0 Å². The molecule has 0 fully saturated rings. The fraction of sp³-hybridized carbons (Fsp3) is 0.667.